The second-order valence-electron chi connectivity index (χ2n) is 5.40. The Kier molecular flexibility index (Phi) is 4.88. The normalized spacial score (nSPS) is 12.7. The largest absolute Gasteiger partial charge is 0.457 e. The average molecular weight is 392 g/mol. The van der Waals surface area contributed by atoms with E-state index in [0.29, 0.717) is 24.3 Å². The van der Waals surface area contributed by atoms with Crippen molar-refractivity contribution < 1.29 is 36.9 Å². The minimum absolute atomic E-state index is 0.346. The van der Waals surface area contributed by atoms with Crippen LogP contribution in [-0.4, -0.2) is 27.1 Å². The fourth-order valence-electron chi connectivity index (χ4n) is 2.42. The summed E-state index contributed by atoms with van der Waals surface area (Å²) in [6.45, 7) is 0. The van der Waals surface area contributed by atoms with Crippen molar-refractivity contribution >= 4 is 11.4 Å². The van der Waals surface area contributed by atoms with Gasteiger partial charge in [0.05, 0.1) is 9.85 Å². The van der Waals surface area contributed by atoms with E-state index >= 15 is 0 Å². The van der Waals surface area contributed by atoms with E-state index in [-0.39, 0.29) is 0 Å². The van der Waals surface area contributed by atoms with Gasteiger partial charge in [0.15, 0.2) is 5.60 Å². The maximum Gasteiger partial charge on any atom is 0.457 e. The summed E-state index contributed by atoms with van der Waals surface area (Å²) in [6.07, 6.45) is -6.27. The monoisotopic (exact) mass is 392 g/mol. The molecule has 12 heteroatoms. The van der Waals surface area contributed by atoms with Crippen LogP contribution in [0.4, 0.5) is 33.3 Å². The third-order valence-corrected chi connectivity index (χ3v) is 3.76. The van der Waals surface area contributed by atoms with Crippen LogP contribution in [0.2, 0.25) is 0 Å². The van der Waals surface area contributed by atoms with Crippen LogP contribution in [0.25, 0.3) is 0 Å². The molecule has 0 aromatic heterocycles. The molecule has 0 aliphatic rings. The zero-order valence-corrected chi connectivity index (χ0v) is 13.0. The number of aliphatic hydroxyl groups is 1. The number of non-ortho nitro benzene ring substituents is 2. The van der Waals surface area contributed by atoms with Gasteiger partial charge in [0, 0.05) is 35.4 Å². The topological polar surface area (TPSA) is 107 Å². The molecule has 0 spiro atoms. The van der Waals surface area contributed by atoms with Crippen LogP contribution in [0.1, 0.15) is 11.1 Å². The Bertz CT molecular complexity index is 843. The summed E-state index contributed by atoms with van der Waals surface area (Å²) in [5.74, 6) is -5.83. The highest BCUT2D eigenvalue weighted by molar-refractivity contribution is 5.48. The quantitative estimate of drug-likeness (QED) is 0.471. The van der Waals surface area contributed by atoms with E-state index in [2.05, 4.69) is 0 Å². The molecule has 0 atom stereocenters. The highest BCUT2D eigenvalue weighted by atomic mass is 19.4. The maximum absolute atomic E-state index is 14.3. The molecule has 27 heavy (non-hydrogen) atoms. The van der Waals surface area contributed by atoms with Crippen molar-refractivity contribution in [1.29, 1.82) is 0 Å². The van der Waals surface area contributed by atoms with Gasteiger partial charge in [-0.1, -0.05) is 24.3 Å². The molecule has 2 aromatic carbocycles. The molecule has 0 aliphatic heterocycles. The second kappa shape index (κ2) is 6.54. The van der Waals surface area contributed by atoms with Crippen molar-refractivity contribution in [3.8, 4) is 0 Å². The fourth-order valence-corrected chi connectivity index (χ4v) is 2.42. The highest BCUT2D eigenvalue weighted by Gasteiger charge is 2.71. The number of benzene rings is 2. The van der Waals surface area contributed by atoms with Gasteiger partial charge in [0.1, 0.15) is 0 Å². The van der Waals surface area contributed by atoms with E-state index in [1.165, 1.54) is 0 Å². The molecule has 2 aromatic rings. The van der Waals surface area contributed by atoms with Gasteiger partial charge in [0.2, 0.25) is 0 Å². The minimum Gasteiger partial charge on any atom is -0.374 e. The average Bonchev–Trinajstić information content (AvgIpc) is 2.60. The summed E-state index contributed by atoms with van der Waals surface area (Å²) in [7, 11) is 0. The van der Waals surface area contributed by atoms with E-state index in [1.54, 1.807) is 0 Å². The molecular weight excluding hydrogens is 383 g/mol. The van der Waals surface area contributed by atoms with Gasteiger partial charge in [-0.2, -0.15) is 22.0 Å². The molecule has 1 N–H and O–H groups in total. The first-order chi connectivity index (χ1) is 12.3. The SMILES string of the molecule is O=[N+]([O-])c1cccc(C(O)(c2cccc([N+](=O)[O-])c2)C(F)(F)C(F)(F)F)c1. The van der Waals surface area contributed by atoms with Crippen molar-refractivity contribution in [2.75, 3.05) is 0 Å². The number of hydrogen-bond acceptors (Lipinski definition) is 5. The first kappa shape index (κ1) is 20.2. The zero-order chi connectivity index (χ0) is 20.6. The molecule has 144 valence electrons. The summed E-state index contributed by atoms with van der Waals surface area (Å²) in [6, 6.07) is 5.21. The first-order valence-electron chi connectivity index (χ1n) is 6.99. The van der Waals surface area contributed by atoms with Crippen LogP contribution in [0.3, 0.4) is 0 Å². The second-order valence-corrected chi connectivity index (χ2v) is 5.40. The molecule has 0 radical (unpaired) electrons. The number of nitro groups is 2. The molecule has 0 fully saturated rings. The maximum atomic E-state index is 14.3. The zero-order valence-electron chi connectivity index (χ0n) is 13.0. The van der Waals surface area contributed by atoms with Crippen molar-refractivity contribution in [2.24, 2.45) is 0 Å². The van der Waals surface area contributed by atoms with Gasteiger partial charge in [-0.3, -0.25) is 20.2 Å². The Morgan fingerprint density at radius 3 is 1.44 bits per heavy atom. The number of alkyl halides is 5. The molecule has 0 aliphatic carbocycles. The first-order valence-corrected chi connectivity index (χ1v) is 6.99. The third-order valence-electron chi connectivity index (χ3n) is 3.76. The fraction of sp³-hybridized carbons (Fsp3) is 0.200. The Morgan fingerprint density at radius 1 is 0.778 bits per heavy atom. The lowest BCUT2D eigenvalue weighted by atomic mass is 9.80. The van der Waals surface area contributed by atoms with Crippen LogP contribution < -0.4 is 0 Å². The number of halogens is 5. The number of nitrogens with zero attached hydrogens (tertiary/aromatic N) is 2. The molecule has 0 bridgehead atoms. The molecule has 7 nitrogen and oxygen atoms in total. The van der Waals surface area contributed by atoms with Crippen molar-refractivity contribution in [1.82, 2.24) is 0 Å². The predicted octanol–water partition coefficient (Wildman–Crippen LogP) is 3.94. The number of rotatable bonds is 5. The Morgan fingerprint density at radius 2 is 1.15 bits per heavy atom. The molecule has 0 amide bonds. The number of nitro benzene ring substituents is 2. The van der Waals surface area contributed by atoms with Crippen LogP contribution in [0.5, 0.6) is 0 Å². The van der Waals surface area contributed by atoms with E-state index in [4.69, 9.17) is 0 Å². The van der Waals surface area contributed by atoms with Gasteiger partial charge in [0.25, 0.3) is 11.4 Å². The minimum atomic E-state index is -6.27. The molecule has 0 unspecified atom stereocenters. The smallest absolute Gasteiger partial charge is 0.374 e. The molecular formula is C15H9F5N2O5. The lowest BCUT2D eigenvalue weighted by Crippen LogP contribution is -2.55. The summed E-state index contributed by atoms with van der Waals surface area (Å²) >= 11 is 0. The third kappa shape index (κ3) is 3.30. The van der Waals surface area contributed by atoms with Crippen molar-refractivity contribution in [3.05, 3.63) is 79.9 Å². The van der Waals surface area contributed by atoms with Gasteiger partial charge >= 0.3 is 12.1 Å². The lowest BCUT2D eigenvalue weighted by Gasteiger charge is -2.37. The Balaban J connectivity index is 2.85. The summed E-state index contributed by atoms with van der Waals surface area (Å²) in [4.78, 5) is 19.6. The molecule has 2 rings (SSSR count). The Labute approximate surface area is 147 Å². The molecule has 0 saturated carbocycles. The molecule has 0 heterocycles. The predicted molar refractivity (Wildman–Crippen MR) is 80.2 cm³/mol. The standard InChI is InChI=1S/C15H9F5N2O5/c16-14(17,15(18,19)20)13(23,9-3-1-5-11(7-9)21(24)25)10-4-2-6-12(8-10)22(26)27/h1-8,23H. The van der Waals surface area contributed by atoms with Gasteiger partial charge < -0.3 is 5.11 Å². The lowest BCUT2D eigenvalue weighted by molar-refractivity contribution is -0.385. The summed E-state index contributed by atoms with van der Waals surface area (Å²) in [5, 5.41) is 32.2. The van der Waals surface area contributed by atoms with E-state index in [9.17, 15) is 47.3 Å². The van der Waals surface area contributed by atoms with Gasteiger partial charge in [-0.15, -0.1) is 0 Å². The van der Waals surface area contributed by atoms with Gasteiger partial charge in [-0.05, 0) is 0 Å². The van der Waals surface area contributed by atoms with E-state index in [0.717, 1.165) is 24.3 Å². The van der Waals surface area contributed by atoms with Crippen molar-refractivity contribution in [3.63, 3.8) is 0 Å². The van der Waals surface area contributed by atoms with Crippen LogP contribution >= 0.6 is 0 Å². The number of hydrogen-bond donors (Lipinski definition) is 1. The molecule has 0 saturated heterocycles. The van der Waals surface area contributed by atoms with Gasteiger partial charge in [-0.25, -0.2) is 0 Å². The summed E-state index contributed by atoms with van der Waals surface area (Å²) in [5.41, 5.74) is -8.16. The summed E-state index contributed by atoms with van der Waals surface area (Å²) < 4.78 is 67.7. The van der Waals surface area contributed by atoms with Crippen LogP contribution in [0, 0.1) is 20.2 Å². The van der Waals surface area contributed by atoms with Crippen LogP contribution in [0.15, 0.2) is 48.5 Å². The van der Waals surface area contributed by atoms with Crippen molar-refractivity contribution in [2.45, 2.75) is 17.7 Å². The van der Waals surface area contributed by atoms with Crippen LogP contribution in [-0.2, 0) is 5.60 Å². The van der Waals surface area contributed by atoms with E-state index in [1.807, 2.05) is 0 Å². The highest BCUT2D eigenvalue weighted by Crippen LogP contribution is 2.52. The Hall–Kier alpha value is -3.15. The van der Waals surface area contributed by atoms with E-state index < -0.39 is 50.0 Å².